The summed E-state index contributed by atoms with van der Waals surface area (Å²) < 4.78 is 14.3. The molecule has 1 heterocycles. The second kappa shape index (κ2) is 6.44. The van der Waals surface area contributed by atoms with Crippen LogP contribution in [-0.2, 0) is 5.41 Å². The Bertz CT molecular complexity index is 711. The Kier molecular flexibility index (Phi) is 4.37. The first-order valence-corrected chi connectivity index (χ1v) is 7.92. The van der Waals surface area contributed by atoms with Crippen LogP contribution in [0.5, 0.6) is 0 Å². The fraction of sp³-hybridized carbons (Fsp3) is 0.389. The van der Waals surface area contributed by atoms with Crippen LogP contribution in [0.25, 0.3) is 0 Å². The highest BCUT2D eigenvalue weighted by Gasteiger charge is 2.37. The second-order valence-corrected chi connectivity index (χ2v) is 6.17. The summed E-state index contributed by atoms with van der Waals surface area (Å²) in [7, 11) is 0. The van der Waals surface area contributed by atoms with Crippen LogP contribution in [0.15, 0.2) is 36.8 Å². The highest BCUT2D eigenvalue weighted by Crippen LogP contribution is 2.41. The zero-order valence-electron chi connectivity index (χ0n) is 13.2. The lowest BCUT2D eigenvalue weighted by atomic mass is 9.78. The molecule has 1 aliphatic rings. The number of rotatable bonds is 4. The number of aromatic nitrogens is 2. The zero-order valence-corrected chi connectivity index (χ0v) is 13.2. The summed E-state index contributed by atoms with van der Waals surface area (Å²) in [5.41, 5.74) is 1.50. The molecule has 1 aliphatic carbocycles. The Hall–Kier alpha value is -2.30. The molecule has 1 aromatic carbocycles. The van der Waals surface area contributed by atoms with Gasteiger partial charge in [0.2, 0.25) is 0 Å². The standard InChI is InChI=1S/C18H20FN3O/c1-13-14(10-20-12-22-13)17(23)21-11-18(8-4-5-9-18)15-6-2-3-7-16(15)19/h2-3,6-7,10,12H,4-5,8-9,11H2,1H3,(H,21,23). The normalized spacial score (nSPS) is 16.3. The summed E-state index contributed by atoms with van der Waals surface area (Å²) in [5.74, 6) is -0.395. The van der Waals surface area contributed by atoms with Crippen LogP contribution >= 0.6 is 0 Å². The Labute approximate surface area is 135 Å². The monoisotopic (exact) mass is 313 g/mol. The molecule has 0 spiro atoms. The average molecular weight is 313 g/mol. The Morgan fingerprint density at radius 3 is 2.74 bits per heavy atom. The van der Waals surface area contributed by atoms with Crippen molar-refractivity contribution in [2.24, 2.45) is 0 Å². The minimum Gasteiger partial charge on any atom is -0.351 e. The molecule has 120 valence electrons. The van der Waals surface area contributed by atoms with Crippen molar-refractivity contribution in [2.45, 2.75) is 38.0 Å². The molecule has 3 rings (SSSR count). The lowest BCUT2D eigenvalue weighted by molar-refractivity contribution is 0.0941. The first-order chi connectivity index (χ1) is 11.1. The molecular formula is C18H20FN3O. The Morgan fingerprint density at radius 2 is 2.04 bits per heavy atom. The van der Waals surface area contributed by atoms with E-state index in [1.54, 1.807) is 13.0 Å². The topological polar surface area (TPSA) is 54.9 Å². The van der Waals surface area contributed by atoms with E-state index in [4.69, 9.17) is 0 Å². The van der Waals surface area contributed by atoms with Crippen LogP contribution < -0.4 is 5.32 Å². The quantitative estimate of drug-likeness (QED) is 0.943. The number of aryl methyl sites for hydroxylation is 1. The molecule has 0 bridgehead atoms. The molecule has 2 aromatic rings. The summed E-state index contributed by atoms with van der Waals surface area (Å²) in [6, 6.07) is 6.89. The van der Waals surface area contributed by atoms with E-state index in [2.05, 4.69) is 15.3 Å². The number of carbonyl (C=O) groups excluding carboxylic acids is 1. The van der Waals surface area contributed by atoms with Gasteiger partial charge in [0, 0.05) is 18.2 Å². The van der Waals surface area contributed by atoms with Crippen molar-refractivity contribution in [1.82, 2.24) is 15.3 Å². The second-order valence-electron chi connectivity index (χ2n) is 6.17. The Balaban J connectivity index is 1.80. The van der Waals surface area contributed by atoms with Gasteiger partial charge in [-0.1, -0.05) is 31.0 Å². The number of nitrogens with one attached hydrogen (secondary N) is 1. The lowest BCUT2D eigenvalue weighted by Gasteiger charge is -2.30. The molecule has 1 saturated carbocycles. The molecule has 4 nitrogen and oxygen atoms in total. The van der Waals surface area contributed by atoms with Crippen LogP contribution in [0.4, 0.5) is 4.39 Å². The molecule has 23 heavy (non-hydrogen) atoms. The van der Waals surface area contributed by atoms with Gasteiger partial charge in [0.25, 0.3) is 5.91 Å². The van der Waals surface area contributed by atoms with E-state index in [0.29, 0.717) is 23.4 Å². The van der Waals surface area contributed by atoms with Crippen molar-refractivity contribution in [3.05, 3.63) is 59.4 Å². The number of halogens is 1. The number of amides is 1. The minimum atomic E-state index is -0.315. The number of nitrogens with zero attached hydrogens (tertiary/aromatic N) is 2. The van der Waals surface area contributed by atoms with Gasteiger partial charge in [0.05, 0.1) is 11.3 Å². The molecule has 1 N–H and O–H groups in total. The van der Waals surface area contributed by atoms with Gasteiger partial charge in [0.15, 0.2) is 0 Å². The van der Waals surface area contributed by atoms with Crippen molar-refractivity contribution < 1.29 is 9.18 Å². The molecule has 0 radical (unpaired) electrons. The summed E-state index contributed by atoms with van der Waals surface area (Å²) in [5, 5.41) is 2.96. The van der Waals surface area contributed by atoms with E-state index in [9.17, 15) is 9.18 Å². The minimum absolute atomic E-state index is 0.192. The molecule has 0 aliphatic heterocycles. The summed E-state index contributed by atoms with van der Waals surface area (Å²) in [6.07, 6.45) is 6.82. The molecule has 5 heteroatoms. The zero-order chi connectivity index (χ0) is 16.3. The van der Waals surface area contributed by atoms with Crippen molar-refractivity contribution in [2.75, 3.05) is 6.54 Å². The van der Waals surface area contributed by atoms with E-state index in [1.807, 2.05) is 12.1 Å². The molecule has 0 atom stereocenters. The van der Waals surface area contributed by atoms with Crippen molar-refractivity contribution >= 4 is 5.91 Å². The third-order valence-electron chi connectivity index (χ3n) is 4.75. The fourth-order valence-electron chi connectivity index (χ4n) is 3.44. The van der Waals surface area contributed by atoms with E-state index in [1.165, 1.54) is 18.6 Å². The van der Waals surface area contributed by atoms with Gasteiger partial charge in [-0.15, -0.1) is 0 Å². The first kappa shape index (κ1) is 15.6. The number of benzene rings is 1. The number of hydrogen-bond acceptors (Lipinski definition) is 3. The van der Waals surface area contributed by atoms with E-state index >= 15 is 0 Å². The van der Waals surface area contributed by atoms with Gasteiger partial charge in [-0.25, -0.2) is 14.4 Å². The molecule has 1 aromatic heterocycles. The van der Waals surface area contributed by atoms with Crippen LogP contribution in [0, 0.1) is 12.7 Å². The highest BCUT2D eigenvalue weighted by molar-refractivity contribution is 5.94. The summed E-state index contributed by atoms with van der Waals surface area (Å²) in [6.45, 7) is 2.21. The van der Waals surface area contributed by atoms with E-state index in [0.717, 1.165) is 25.7 Å². The maximum atomic E-state index is 14.3. The maximum Gasteiger partial charge on any atom is 0.254 e. The van der Waals surface area contributed by atoms with E-state index in [-0.39, 0.29) is 17.1 Å². The smallest absolute Gasteiger partial charge is 0.254 e. The molecule has 1 fully saturated rings. The molecular weight excluding hydrogens is 293 g/mol. The maximum absolute atomic E-state index is 14.3. The molecule has 1 amide bonds. The van der Waals surface area contributed by atoms with E-state index < -0.39 is 0 Å². The predicted octanol–water partition coefficient (Wildman–Crippen LogP) is 3.17. The lowest BCUT2D eigenvalue weighted by Crippen LogP contribution is -2.39. The molecule has 0 unspecified atom stereocenters. The highest BCUT2D eigenvalue weighted by atomic mass is 19.1. The van der Waals surface area contributed by atoms with Gasteiger partial charge in [-0.05, 0) is 31.4 Å². The molecule has 0 saturated heterocycles. The SMILES string of the molecule is Cc1ncncc1C(=O)NCC1(c2ccccc2F)CCCC1. The van der Waals surface area contributed by atoms with Gasteiger partial charge >= 0.3 is 0 Å². The Morgan fingerprint density at radius 1 is 1.30 bits per heavy atom. The summed E-state index contributed by atoms with van der Waals surface area (Å²) in [4.78, 5) is 20.3. The van der Waals surface area contributed by atoms with Crippen LogP contribution in [0.3, 0.4) is 0 Å². The van der Waals surface area contributed by atoms with Crippen LogP contribution in [0.2, 0.25) is 0 Å². The van der Waals surface area contributed by atoms with Gasteiger partial charge in [-0.3, -0.25) is 4.79 Å². The third-order valence-corrected chi connectivity index (χ3v) is 4.75. The number of hydrogen-bond donors (Lipinski definition) is 1. The van der Waals surface area contributed by atoms with Gasteiger partial charge in [0.1, 0.15) is 12.1 Å². The predicted molar refractivity (Wildman–Crippen MR) is 85.6 cm³/mol. The van der Waals surface area contributed by atoms with Crippen LogP contribution in [-0.4, -0.2) is 22.4 Å². The largest absolute Gasteiger partial charge is 0.351 e. The summed E-state index contributed by atoms with van der Waals surface area (Å²) >= 11 is 0. The van der Waals surface area contributed by atoms with Crippen molar-refractivity contribution in [1.29, 1.82) is 0 Å². The fourth-order valence-corrected chi connectivity index (χ4v) is 3.44. The third kappa shape index (κ3) is 3.09. The van der Waals surface area contributed by atoms with Crippen molar-refractivity contribution in [3.8, 4) is 0 Å². The number of carbonyl (C=O) groups is 1. The average Bonchev–Trinajstić information content (AvgIpc) is 3.03. The van der Waals surface area contributed by atoms with Crippen LogP contribution in [0.1, 0.15) is 47.3 Å². The first-order valence-electron chi connectivity index (χ1n) is 7.92. The van der Waals surface area contributed by atoms with Gasteiger partial charge < -0.3 is 5.32 Å². The van der Waals surface area contributed by atoms with Crippen molar-refractivity contribution in [3.63, 3.8) is 0 Å². The van der Waals surface area contributed by atoms with Gasteiger partial charge in [-0.2, -0.15) is 0 Å².